The highest BCUT2D eigenvalue weighted by atomic mass is 32.1. The average molecular weight is 365 g/mol. The van der Waals surface area contributed by atoms with Gasteiger partial charge in [0.2, 0.25) is 0 Å². The maximum atomic E-state index is 8.72. The fraction of sp³-hybridized carbons (Fsp3) is 0.333. The van der Waals surface area contributed by atoms with E-state index in [9.17, 15) is 0 Å². The van der Waals surface area contributed by atoms with Crippen LogP contribution in [0.4, 0.5) is 11.4 Å². The van der Waals surface area contributed by atoms with Crippen LogP contribution in [0.1, 0.15) is 36.9 Å². The minimum Gasteiger partial charge on any atom is -0.372 e. The van der Waals surface area contributed by atoms with Crippen molar-refractivity contribution in [3.05, 3.63) is 59.7 Å². The van der Waals surface area contributed by atoms with E-state index in [0.717, 1.165) is 24.3 Å². The second-order valence-corrected chi connectivity index (χ2v) is 7.05. The Labute approximate surface area is 160 Å². The van der Waals surface area contributed by atoms with Gasteiger partial charge in [0.15, 0.2) is 5.11 Å². The highest BCUT2D eigenvalue weighted by Gasteiger charge is 2.13. The number of thiocarbonyl (C=S) groups is 1. The molecule has 3 rings (SSSR count). The Kier molecular flexibility index (Phi) is 6.08. The van der Waals surface area contributed by atoms with Gasteiger partial charge in [-0.2, -0.15) is 5.26 Å². The molecule has 0 spiro atoms. The van der Waals surface area contributed by atoms with E-state index in [1.807, 2.05) is 24.3 Å². The van der Waals surface area contributed by atoms with Gasteiger partial charge in [0.1, 0.15) is 0 Å². The Hall–Kier alpha value is -2.58. The molecule has 2 N–H and O–H groups in total. The van der Waals surface area contributed by atoms with Crippen LogP contribution in [0.25, 0.3) is 0 Å². The summed E-state index contributed by atoms with van der Waals surface area (Å²) < 4.78 is 0. The third kappa shape index (κ3) is 4.74. The molecule has 1 aliphatic heterocycles. The van der Waals surface area contributed by atoms with Crippen LogP contribution in [0.2, 0.25) is 0 Å². The highest BCUT2D eigenvalue weighted by molar-refractivity contribution is 7.80. The Bertz CT molecular complexity index is 771. The van der Waals surface area contributed by atoms with Crippen molar-refractivity contribution in [1.82, 2.24) is 5.32 Å². The molecule has 1 saturated heterocycles. The number of nitriles is 1. The summed E-state index contributed by atoms with van der Waals surface area (Å²) in [6.07, 6.45) is 3.00. The first-order chi connectivity index (χ1) is 12.7. The maximum absolute atomic E-state index is 8.72. The van der Waals surface area contributed by atoms with Crippen LogP contribution in [0.3, 0.4) is 0 Å². The van der Waals surface area contributed by atoms with Crippen LogP contribution in [0.5, 0.6) is 0 Å². The first kappa shape index (κ1) is 18.2. The van der Waals surface area contributed by atoms with Gasteiger partial charge in [-0.25, -0.2) is 0 Å². The van der Waals surface area contributed by atoms with Crippen molar-refractivity contribution in [3.63, 3.8) is 0 Å². The fourth-order valence-corrected chi connectivity index (χ4v) is 3.49. The van der Waals surface area contributed by atoms with Crippen molar-refractivity contribution in [1.29, 1.82) is 5.26 Å². The molecular formula is C21H24N4S. The van der Waals surface area contributed by atoms with Gasteiger partial charge in [0, 0.05) is 24.5 Å². The number of nitrogens with one attached hydrogen (secondary N) is 2. The predicted octanol–water partition coefficient (Wildman–Crippen LogP) is 4.40. The SMILES string of the molecule is C[C@H](NC(=S)Nc1ccc(CC#N)cc1)c1ccc(N2CCCC2)cc1. The van der Waals surface area contributed by atoms with Gasteiger partial charge in [-0.3, -0.25) is 0 Å². The number of anilines is 2. The van der Waals surface area contributed by atoms with Gasteiger partial charge < -0.3 is 15.5 Å². The van der Waals surface area contributed by atoms with E-state index in [-0.39, 0.29) is 6.04 Å². The van der Waals surface area contributed by atoms with Crippen LogP contribution in [0, 0.1) is 11.3 Å². The molecule has 0 aromatic heterocycles. The van der Waals surface area contributed by atoms with Gasteiger partial charge in [-0.05, 0) is 67.4 Å². The number of benzene rings is 2. The van der Waals surface area contributed by atoms with Crippen molar-refractivity contribution in [2.45, 2.75) is 32.2 Å². The summed E-state index contributed by atoms with van der Waals surface area (Å²) in [4.78, 5) is 2.43. The van der Waals surface area contributed by atoms with Crippen LogP contribution in [0.15, 0.2) is 48.5 Å². The lowest BCUT2D eigenvalue weighted by Gasteiger charge is -2.20. The topological polar surface area (TPSA) is 51.1 Å². The molecule has 4 nitrogen and oxygen atoms in total. The zero-order valence-electron chi connectivity index (χ0n) is 15.0. The summed E-state index contributed by atoms with van der Waals surface area (Å²) >= 11 is 5.43. The summed E-state index contributed by atoms with van der Waals surface area (Å²) in [7, 11) is 0. The van der Waals surface area contributed by atoms with E-state index in [1.54, 1.807) is 0 Å². The molecule has 0 bridgehead atoms. The smallest absolute Gasteiger partial charge is 0.171 e. The third-order valence-electron chi connectivity index (χ3n) is 4.71. The van der Waals surface area contributed by atoms with Gasteiger partial charge in [-0.1, -0.05) is 24.3 Å². The lowest BCUT2D eigenvalue weighted by molar-refractivity contribution is 0.722. The molecule has 0 aliphatic carbocycles. The quantitative estimate of drug-likeness (QED) is 0.770. The highest BCUT2D eigenvalue weighted by Crippen LogP contribution is 2.22. The minimum absolute atomic E-state index is 0.125. The molecule has 134 valence electrons. The summed E-state index contributed by atoms with van der Waals surface area (Å²) in [5.41, 5.74) is 4.43. The fourth-order valence-electron chi connectivity index (χ4n) is 3.19. The molecular weight excluding hydrogens is 340 g/mol. The standard InChI is InChI=1S/C21H24N4S/c1-16(18-6-10-20(11-7-18)25-14-2-3-15-25)23-21(26)24-19-8-4-17(5-9-19)12-13-22/h4-11,16H,2-3,12,14-15H2,1H3,(H2,23,24,26)/t16-/m0/s1. The molecule has 0 radical (unpaired) electrons. The van der Waals surface area contributed by atoms with Crippen LogP contribution < -0.4 is 15.5 Å². The molecule has 0 amide bonds. The normalized spacial score (nSPS) is 14.5. The van der Waals surface area contributed by atoms with E-state index < -0.39 is 0 Å². The lowest BCUT2D eigenvalue weighted by atomic mass is 10.1. The van der Waals surface area contributed by atoms with Gasteiger partial charge in [-0.15, -0.1) is 0 Å². The van der Waals surface area contributed by atoms with Crippen LogP contribution >= 0.6 is 12.2 Å². The number of nitrogens with zero attached hydrogens (tertiary/aromatic N) is 2. The lowest BCUT2D eigenvalue weighted by Crippen LogP contribution is -2.30. The second kappa shape index (κ2) is 8.68. The van der Waals surface area contributed by atoms with E-state index in [2.05, 4.69) is 52.8 Å². The molecule has 5 heteroatoms. The first-order valence-corrected chi connectivity index (χ1v) is 9.45. The molecule has 1 heterocycles. The van der Waals surface area contributed by atoms with Crippen molar-refractivity contribution >= 4 is 28.7 Å². The minimum atomic E-state index is 0.125. The van der Waals surface area contributed by atoms with E-state index in [4.69, 9.17) is 17.5 Å². The summed E-state index contributed by atoms with van der Waals surface area (Å²) in [5, 5.41) is 15.8. The molecule has 1 atom stereocenters. The molecule has 2 aromatic rings. The summed E-state index contributed by atoms with van der Waals surface area (Å²) in [5.74, 6) is 0. The first-order valence-electron chi connectivity index (χ1n) is 9.04. The van der Waals surface area contributed by atoms with Crippen molar-refractivity contribution < 1.29 is 0 Å². The maximum Gasteiger partial charge on any atom is 0.171 e. The summed E-state index contributed by atoms with van der Waals surface area (Å²) in [6, 6.07) is 18.8. The van der Waals surface area contributed by atoms with E-state index in [1.165, 1.54) is 24.1 Å². The largest absolute Gasteiger partial charge is 0.372 e. The molecule has 1 fully saturated rings. The zero-order chi connectivity index (χ0) is 18.4. The second-order valence-electron chi connectivity index (χ2n) is 6.64. The number of hydrogen-bond donors (Lipinski definition) is 2. The molecule has 0 saturated carbocycles. The summed E-state index contributed by atoms with van der Waals surface area (Å²) in [6.45, 7) is 4.43. The van der Waals surface area contributed by atoms with Crippen LogP contribution in [-0.2, 0) is 6.42 Å². The molecule has 2 aromatic carbocycles. The molecule has 26 heavy (non-hydrogen) atoms. The Morgan fingerprint density at radius 2 is 1.77 bits per heavy atom. The zero-order valence-corrected chi connectivity index (χ0v) is 15.9. The van der Waals surface area contributed by atoms with Crippen molar-refractivity contribution in [3.8, 4) is 6.07 Å². The Morgan fingerprint density at radius 3 is 2.38 bits per heavy atom. The van der Waals surface area contributed by atoms with E-state index >= 15 is 0 Å². The molecule has 0 unspecified atom stereocenters. The van der Waals surface area contributed by atoms with Crippen LogP contribution in [-0.4, -0.2) is 18.2 Å². The number of hydrogen-bond acceptors (Lipinski definition) is 3. The van der Waals surface area contributed by atoms with Gasteiger partial charge in [0.25, 0.3) is 0 Å². The van der Waals surface area contributed by atoms with Crippen molar-refractivity contribution in [2.24, 2.45) is 0 Å². The van der Waals surface area contributed by atoms with E-state index in [0.29, 0.717) is 11.5 Å². The third-order valence-corrected chi connectivity index (χ3v) is 4.93. The number of rotatable bonds is 5. The van der Waals surface area contributed by atoms with Crippen molar-refractivity contribution in [2.75, 3.05) is 23.3 Å². The Morgan fingerprint density at radius 1 is 1.12 bits per heavy atom. The van der Waals surface area contributed by atoms with Gasteiger partial charge >= 0.3 is 0 Å². The Balaban J connectivity index is 1.54. The van der Waals surface area contributed by atoms with Gasteiger partial charge in [0.05, 0.1) is 18.5 Å². The monoisotopic (exact) mass is 364 g/mol. The average Bonchev–Trinajstić information content (AvgIpc) is 3.18. The predicted molar refractivity (Wildman–Crippen MR) is 111 cm³/mol. The molecule has 1 aliphatic rings.